The molecular formula is C71H48N6. The van der Waals surface area contributed by atoms with Crippen LogP contribution in [0, 0.1) is 0 Å². The summed E-state index contributed by atoms with van der Waals surface area (Å²) in [5, 5.41) is 9.79. The van der Waals surface area contributed by atoms with E-state index >= 15 is 0 Å². The minimum atomic E-state index is -0.692. The number of aromatic nitrogens is 5. The number of pyridine rings is 1. The minimum Gasteiger partial charge on any atom is -0.309 e. The Morgan fingerprint density at radius 1 is 0.338 bits per heavy atom. The van der Waals surface area contributed by atoms with Crippen LogP contribution in [0.15, 0.2) is 266 Å². The number of rotatable bonds is 7. The molecule has 1 unspecified atom stereocenters. The van der Waals surface area contributed by atoms with Crippen molar-refractivity contribution in [2.45, 2.75) is 18.9 Å². The van der Waals surface area contributed by atoms with Crippen LogP contribution in [-0.2, 0) is 5.54 Å². The molecule has 6 nitrogen and oxygen atoms in total. The quantitative estimate of drug-likeness (QED) is 0.157. The average molecular weight is 985 g/mol. The molecule has 0 aliphatic carbocycles. The van der Waals surface area contributed by atoms with Crippen LogP contribution in [-0.4, -0.2) is 29.0 Å². The molecule has 0 spiro atoms. The second kappa shape index (κ2) is 16.7. The lowest BCUT2D eigenvalue weighted by molar-refractivity contribution is 0.500. The number of nitrogens with zero attached hydrogens (tertiary/aromatic N) is 6. The van der Waals surface area contributed by atoms with Gasteiger partial charge in [0.05, 0.1) is 78.1 Å². The van der Waals surface area contributed by atoms with Crippen LogP contribution in [0.25, 0.3) is 121 Å². The molecule has 0 amide bonds. The van der Waals surface area contributed by atoms with Gasteiger partial charge in [-0.2, -0.15) is 0 Å². The summed E-state index contributed by atoms with van der Waals surface area (Å²) in [4.78, 5) is 11.6. The summed E-state index contributed by atoms with van der Waals surface area (Å²) < 4.78 is 9.69. The number of allylic oxidation sites excluding steroid dienone is 1. The Labute approximate surface area is 444 Å². The van der Waals surface area contributed by atoms with Gasteiger partial charge in [-0.15, -0.1) is 0 Å². The second-order valence-electron chi connectivity index (χ2n) is 20.7. The molecule has 5 aromatic heterocycles. The molecule has 6 heteroatoms. The predicted octanol–water partition coefficient (Wildman–Crippen LogP) is 17.8. The summed E-state index contributed by atoms with van der Waals surface area (Å²) in [6.07, 6.45) is 5.18. The summed E-state index contributed by atoms with van der Waals surface area (Å²) in [6.45, 7) is 2.30. The van der Waals surface area contributed by atoms with Crippen molar-refractivity contribution in [3.05, 3.63) is 272 Å². The molecule has 0 radical (unpaired) electrons. The molecule has 10 aromatic carbocycles. The highest BCUT2D eigenvalue weighted by Gasteiger charge is 2.33. The largest absolute Gasteiger partial charge is 0.309 e. The molecule has 77 heavy (non-hydrogen) atoms. The molecule has 0 bridgehead atoms. The van der Waals surface area contributed by atoms with Crippen molar-refractivity contribution in [1.82, 2.24) is 23.3 Å². The lowest BCUT2D eigenvalue weighted by Gasteiger charge is -2.31. The first-order valence-corrected chi connectivity index (χ1v) is 26.6. The highest BCUT2D eigenvalue weighted by molar-refractivity contribution is 6.13. The number of hydrogen-bond acceptors (Lipinski definition) is 2. The van der Waals surface area contributed by atoms with Gasteiger partial charge in [-0.05, 0) is 116 Å². The van der Waals surface area contributed by atoms with E-state index in [0.717, 1.165) is 84.1 Å². The van der Waals surface area contributed by atoms with Gasteiger partial charge in [0.1, 0.15) is 0 Å². The predicted molar refractivity (Wildman–Crippen MR) is 321 cm³/mol. The Kier molecular flexibility index (Phi) is 9.43. The van der Waals surface area contributed by atoms with Crippen molar-refractivity contribution in [2.24, 2.45) is 4.99 Å². The number of fused-ring (bicyclic) bond motifs is 12. The summed E-state index contributed by atoms with van der Waals surface area (Å²) in [5.41, 5.74) is 17.6. The topological polar surface area (TPSA) is 45.0 Å². The van der Waals surface area contributed by atoms with E-state index in [0.29, 0.717) is 6.42 Å². The highest BCUT2D eigenvalue weighted by Crippen LogP contribution is 2.44. The SMILES string of the molecule is CC1(c2cc(-n3c4ccccc4c4ccccc43)ccc2-n2c3ccccc3c3ccccc32)CC=CC(c2cccc(-c3cc(-n4c5ccccc5c5ccccc54)ccc3-n3c4ccccc4c4ccccc43)n2)=N1. The standard InChI is InChI=1S/C71H48N6/c1-71(57-45-47(75-63-33-12-4-22-50(63)51-23-5-13-34-64(51)75)40-42-70(57)77-67-37-16-8-26-54(67)55-27-9-17-38-68(55)77)43-19-30-60(73-71)59-29-18-28-58(72-59)56-44-46(74-61-31-10-2-20-48(61)49-21-3-11-32-62(49)74)39-41-69(56)76-65-35-14-6-24-52(65)53-25-7-15-36-66(53)76/h2-42,44-45H,43H2,1H3. The first kappa shape index (κ1) is 43.4. The maximum absolute atomic E-state index is 5.88. The van der Waals surface area contributed by atoms with E-state index in [1.165, 1.54) is 54.1 Å². The Morgan fingerprint density at radius 2 is 0.688 bits per heavy atom. The van der Waals surface area contributed by atoms with Gasteiger partial charge < -0.3 is 18.3 Å². The molecule has 0 fully saturated rings. The zero-order valence-corrected chi connectivity index (χ0v) is 42.2. The van der Waals surface area contributed by atoms with Gasteiger partial charge in [0, 0.05) is 65.6 Å². The molecule has 362 valence electrons. The fourth-order valence-electron chi connectivity index (χ4n) is 12.9. The van der Waals surface area contributed by atoms with Crippen LogP contribution in [0.4, 0.5) is 0 Å². The second-order valence-corrected chi connectivity index (χ2v) is 20.7. The van der Waals surface area contributed by atoms with Gasteiger partial charge >= 0.3 is 0 Å². The van der Waals surface area contributed by atoms with Gasteiger partial charge in [-0.25, -0.2) is 4.98 Å². The van der Waals surface area contributed by atoms with E-state index in [2.05, 4.69) is 286 Å². The normalized spacial score (nSPS) is 14.8. The number of dihydropyridines is 1. The summed E-state index contributed by atoms with van der Waals surface area (Å²) in [7, 11) is 0. The van der Waals surface area contributed by atoms with Crippen LogP contribution < -0.4 is 0 Å². The van der Waals surface area contributed by atoms with Crippen LogP contribution in [0.2, 0.25) is 0 Å². The van der Waals surface area contributed by atoms with E-state index < -0.39 is 5.54 Å². The van der Waals surface area contributed by atoms with Gasteiger partial charge in [0.15, 0.2) is 0 Å². The summed E-state index contributed by atoms with van der Waals surface area (Å²) in [6, 6.07) is 90.3. The van der Waals surface area contributed by atoms with Gasteiger partial charge in [0.25, 0.3) is 0 Å². The van der Waals surface area contributed by atoms with E-state index in [9.17, 15) is 0 Å². The molecule has 0 saturated carbocycles. The van der Waals surface area contributed by atoms with Crippen LogP contribution in [0.5, 0.6) is 0 Å². The lowest BCUT2D eigenvalue weighted by atomic mass is 9.85. The zero-order chi connectivity index (χ0) is 50.8. The molecule has 1 aliphatic heterocycles. The highest BCUT2D eigenvalue weighted by atomic mass is 15.0. The third-order valence-electron chi connectivity index (χ3n) is 16.3. The van der Waals surface area contributed by atoms with E-state index in [4.69, 9.17) is 9.98 Å². The molecule has 1 aliphatic rings. The number of benzene rings is 10. The van der Waals surface area contributed by atoms with Crippen LogP contribution >= 0.6 is 0 Å². The van der Waals surface area contributed by atoms with Crippen molar-refractivity contribution in [1.29, 1.82) is 0 Å². The fraction of sp³-hybridized carbons (Fsp3) is 0.0423. The maximum Gasteiger partial charge on any atom is 0.0891 e. The zero-order valence-electron chi connectivity index (χ0n) is 42.2. The smallest absolute Gasteiger partial charge is 0.0891 e. The van der Waals surface area contributed by atoms with Crippen molar-refractivity contribution in [3.8, 4) is 34.0 Å². The maximum atomic E-state index is 5.88. The first-order valence-electron chi connectivity index (χ1n) is 26.6. The van der Waals surface area contributed by atoms with Gasteiger partial charge in [-0.3, -0.25) is 4.99 Å². The molecule has 0 N–H and O–H groups in total. The molecular weight excluding hydrogens is 937 g/mol. The van der Waals surface area contributed by atoms with Crippen LogP contribution in [0.1, 0.15) is 24.6 Å². The minimum absolute atomic E-state index is 0.692. The number of aliphatic imine (C=N–C) groups is 1. The molecule has 0 saturated heterocycles. The average Bonchev–Trinajstić information content (AvgIpc) is 4.39. The number of para-hydroxylation sites is 8. The third kappa shape index (κ3) is 6.49. The van der Waals surface area contributed by atoms with Crippen molar-refractivity contribution in [3.63, 3.8) is 0 Å². The summed E-state index contributed by atoms with van der Waals surface area (Å²) in [5.74, 6) is 0. The first-order chi connectivity index (χ1) is 38.1. The van der Waals surface area contributed by atoms with E-state index in [1.54, 1.807) is 0 Å². The monoisotopic (exact) mass is 984 g/mol. The Bertz CT molecular complexity index is 4780. The van der Waals surface area contributed by atoms with Gasteiger partial charge in [0.2, 0.25) is 0 Å². The molecule has 6 heterocycles. The summed E-state index contributed by atoms with van der Waals surface area (Å²) >= 11 is 0. The van der Waals surface area contributed by atoms with E-state index in [-0.39, 0.29) is 0 Å². The number of hydrogen-bond donors (Lipinski definition) is 0. The van der Waals surface area contributed by atoms with E-state index in [1.807, 2.05) is 0 Å². The van der Waals surface area contributed by atoms with Crippen molar-refractivity contribution in [2.75, 3.05) is 0 Å². The van der Waals surface area contributed by atoms with Crippen molar-refractivity contribution < 1.29 is 0 Å². The van der Waals surface area contributed by atoms with Gasteiger partial charge in [-0.1, -0.05) is 158 Å². The Balaban J connectivity index is 0.910. The molecule has 16 rings (SSSR count). The Morgan fingerprint density at radius 3 is 1.12 bits per heavy atom. The lowest BCUT2D eigenvalue weighted by Crippen LogP contribution is -2.26. The fourth-order valence-corrected chi connectivity index (χ4v) is 12.9. The molecule has 15 aromatic rings. The van der Waals surface area contributed by atoms with Crippen molar-refractivity contribution >= 4 is 92.9 Å². The van der Waals surface area contributed by atoms with Crippen LogP contribution in [0.3, 0.4) is 0 Å². The molecule has 1 atom stereocenters. The third-order valence-corrected chi connectivity index (χ3v) is 16.3. The Hall–Kier alpha value is -10.0.